The Labute approximate surface area is 232 Å². The Morgan fingerprint density at radius 1 is 1.21 bits per heavy atom. The van der Waals surface area contributed by atoms with E-state index in [2.05, 4.69) is 27.5 Å². The van der Waals surface area contributed by atoms with Gasteiger partial charge in [-0.2, -0.15) is 0 Å². The Bertz CT molecular complexity index is 1590. The Morgan fingerprint density at radius 2 is 1.95 bits per heavy atom. The number of fused-ring (bicyclic) bond motifs is 1. The second-order valence-electron chi connectivity index (χ2n) is 8.21. The van der Waals surface area contributed by atoms with E-state index in [0.717, 1.165) is 11.1 Å². The van der Waals surface area contributed by atoms with Crippen molar-refractivity contribution in [2.75, 3.05) is 27.4 Å². The lowest BCUT2D eigenvalue weighted by Gasteiger charge is -2.24. The largest absolute Gasteiger partial charge is 0.497 e. The SMILES string of the molecule is C=CCOc1c(Br)cc(/C=c2/sc3n(c2=O)[C@@H](c2ccc(OC)cc2)C(C(=O)OCC)=C(C)N=3)cc1OC. The highest BCUT2D eigenvalue weighted by molar-refractivity contribution is 9.10. The Kier molecular flexibility index (Phi) is 8.53. The minimum Gasteiger partial charge on any atom is -0.497 e. The van der Waals surface area contributed by atoms with Crippen LogP contribution >= 0.6 is 27.3 Å². The number of allylic oxidation sites excluding steroid dienone is 1. The number of methoxy groups -OCH3 is 2. The van der Waals surface area contributed by atoms with Gasteiger partial charge in [-0.25, -0.2) is 9.79 Å². The highest BCUT2D eigenvalue weighted by Gasteiger charge is 2.33. The molecule has 1 aliphatic rings. The molecule has 0 radical (unpaired) electrons. The molecule has 2 heterocycles. The van der Waals surface area contributed by atoms with E-state index in [0.29, 0.717) is 48.9 Å². The van der Waals surface area contributed by atoms with Crippen LogP contribution in [0.1, 0.15) is 31.0 Å². The highest BCUT2D eigenvalue weighted by atomic mass is 79.9. The first-order chi connectivity index (χ1) is 18.3. The third-order valence-corrected chi connectivity index (χ3v) is 7.42. The lowest BCUT2D eigenvalue weighted by molar-refractivity contribution is -0.139. The molecule has 0 saturated carbocycles. The molecule has 4 rings (SSSR count). The smallest absolute Gasteiger partial charge is 0.338 e. The van der Waals surface area contributed by atoms with Crippen molar-refractivity contribution in [2.24, 2.45) is 4.99 Å². The van der Waals surface area contributed by atoms with E-state index in [1.54, 1.807) is 63.0 Å². The lowest BCUT2D eigenvalue weighted by atomic mass is 9.96. The number of thiazole rings is 1. The fourth-order valence-corrected chi connectivity index (χ4v) is 5.77. The minimum absolute atomic E-state index is 0.207. The van der Waals surface area contributed by atoms with E-state index in [4.69, 9.17) is 18.9 Å². The molecule has 0 amide bonds. The van der Waals surface area contributed by atoms with Gasteiger partial charge >= 0.3 is 5.97 Å². The van der Waals surface area contributed by atoms with Gasteiger partial charge in [-0.05, 0) is 71.2 Å². The number of carbonyl (C=O) groups excluding carboxylic acids is 1. The molecule has 0 spiro atoms. The van der Waals surface area contributed by atoms with Gasteiger partial charge in [0.25, 0.3) is 5.56 Å². The third kappa shape index (κ3) is 5.32. The normalized spacial score (nSPS) is 15.0. The number of rotatable bonds is 9. The Balaban J connectivity index is 1.89. The number of carbonyl (C=O) groups is 1. The van der Waals surface area contributed by atoms with Crippen molar-refractivity contribution in [1.29, 1.82) is 0 Å². The summed E-state index contributed by atoms with van der Waals surface area (Å²) in [6, 6.07) is 10.2. The molecule has 0 fully saturated rings. The van der Waals surface area contributed by atoms with Crippen molar-refractivity contribution in [2.45, 2.75) is 19.9 Å². The van der Waals surface area contributed by atoms with Gasteiger partial charge in [-0.1, -0.05) is 36.1 Å². The van der Waals surface area contributed by atoms with E-state index in [1.807, 2.05) is 18.2 Å². The first-order valence-electron chi connectivity index (χ1n) is 11.8. The maximum absolute atomic E-state index is 13.8. The lowest BCUT2D eigenvalue weighted by Crippen LogP contribution is -2.39. The second kappa shape index (κ2) is 11.8. The zero-order valence-electron chi connectivity index (χ0n) is 21.4. The average molecular weight is 600 g/mol. The monoisotopic (exact) mass is 598 g/mol. The third-order valence-electron chi connectivity index (χ3n) is 5.84. The summed E-state index contributed by atoms with van der Waals surface area (Å²) in [7, 11) is 3.13. The predicted molar refractivity (Wildman–Crippen MR) is 150 cm³/mol. The topological polar surface area (TPSA) is 88.4 Å². The van der Waals surface area contributed by atoms with Gasteiger partial charge in [0.2, 0.25) is 0 Å². The van der Waals surface area contributed by atoms with Crippen molar-refractivity contribution in [3.8, 4) is 17.2 Å². The number of ether oxygens (including phenoxy) is 4. The molecule has 0 N–H and O–H groups in total. The molecule has 1 aromatic heterocycles. The fraction of sp³-hybridized carbons (Fsp3) is 0.250. The van der Waals surface area contributed by atoms with Crippen molar-refractivity contribution in [1.82, 2.24) is 4.57 Å². The van der Waals surface area contributed by atoms with Gasteiger partial charge in [-0.15, -0.1) is 0 Å². The van der Waals surface area contributed by atoms with Crippen LogP contribution < -0.4 is 29.1 Å². The zero-order chi connectivity index (χ0) is 27.4. The molecule has 1 atom stereocenters. The van der Waals surface area contributed by atoms with Crippen LogP contribution in [0.15, 0.2) is 74.6 Å². The maximum Gasteiger partial charge on any atom is 0.338 e. The van der Waals surface area contributed by atoms with Crippen LogP contribution in [0.5, 0.6) is 17.2 Å². The number of hydrogen-bond donors (Lipinski definition) is 0. The molecule has 0 saturated heterocycles. The highest BCUT2D eigenvalue weighted by Crippen LogP contribution is 2.37. The summed E-state index contributed by atoms with van der Waals surface area (Å²) >= 11 is 4.78. The zero-order valence-corrected chi connectivity index (χ0v) is 23.9. The maximum atomic E-state index is 13.8. The van der Waals surface area contributed by atoms with Gasteiger partial charge in [-0.3, -0.25) is 9.36 Å². The van der Waals surface area contributed by atoms with Gasteiger partial charge in [0.15, 0.2) is 16.3 Å². The number of benzene rings is 2. The summed E-state index contributed by atoms with van der Waals surface area (Å²) in [4.78, 5) is 31.9. The first-order valence-corrected chi connectivity index (χ1v) is 13.4. The van der Waals surface area contributed by atoms with E-state index < -0.39 is 12.0 Å². The molecule has 10 heteroatoms. The first kappa shape index (κ1) is 27.4. The van der Waals surface area contributed by atoms with Crippen molar-refractivity contribution in [3.05, 3.63) is 95.6 Å². The summed E-state index contributed by atoms with van der Waals surface area (Å²) in [5, 5.41) is 0. The summed E-state index contributed by atoms with van der Waals surface area (Å²) in [6.45, 7) is 7.70. The standard InChI is InChI=1S/C28H27BrN2O6S/c1-6-12-37-25-20(29)13-17(14-21(25)35-5)15-22-26(32)31-24(18-8-10-19(34-4)11-9-18)23(27(33)36-7-2)16(3)30-28(31)38-22/h6,8-11,13-15,24H,1,7,12H2,2-5H3/b22-15+/t24-/m0/s1. The number of esters is 1. The van der Waals surface area contributed by atoms with Gasteiger partial charge < -0.3 is 18.9 Å². The van der Waals surface area contributed by atoms with Gasteiger partial charge in [0.05, 0.1) is 47.1 Å². The Morgan fingerprint density at radius 3 is 2.58 bits per heavy atom. The van der Waals surface area contributed by atoms with Crippen LogP contribution in [0.2, 0.25) is 0 Å². The molecular formula is C28H27BrN2O6S. The number of nitrogens with zero attached hydrogens (tertiary/aromatic N) is 2. The summed E-state index contributed by atoms with van der Waals surface area (Å²) in [5.74, 6) is 1.21. The average Bonchev–Trinajstić information content (AvgIpc) is 3.21. The van der Waals surface area contributed by atoms with Crippen molar-refractivity contribution in [3.63, 3.8) is 0 Å². The van der Waals surface area contributed by atoms with Crippen molar-refractivity contribution < 1.29 is 23.7 Å². The van der Waals surface area contributed by atoms with Crippen LogP contribution in [0.4, 0.5) is 0 Å². The van der Waals surface area contributed by atoms with Crippen LogP contribution in [0.3, 0.4) is 0 Å². The molecular weight excluding hydrogens is 572 g/mol. The summed E-state index contributed by atoms with van der Waals surface area (Å²) < 4.78 is 24.5. The number of hydrogen-bond acceptors (Lipinski definition) is 8. The van der Waals surface area contributed by atoms with E-state index in [9.17, 15) is 9.59 Å². The summed E-state index contributed by atoms with van der Waals surface area (Å²) in [5.41, 5.74) is 2.02. The van der Waals surface area contributed by atoms with E-state index >= 15 is 0 Å². The molecule has 198 valence electrons. The predicted octanol–water partition coefficient (Wildman–Crippen LogP) is 4.14. The van der Waals surface area contributed by atoms with Crippen molar-refractivity contribution >= 4 is 39.3 Å². The van der Waals surface area contributed by atoms with Crippen LogP contribution in [-0.2, 0) is 9.53 Å². The van der Waals surface area contributed by atoms with Gasteiger partial charge in [0.1, 0.15) is 12.4 Å². The second-order valence-corrected chi connectivity index (χ2v) is 10.1. The number of halogens is 1. The van der Waals surface area contributed by atoms with Crippen LogP contribution in [-0.4, -0.2) is 38.0 Å². The molecule has 1 aliphatic heterocycles. The van der Waals surface area contributed by atoms with E-state index in [-0.39, 0.29) is 12.2 Å². The van der Waals surface area contributed by atoms with E-state index in [1.165, 1.54) is 11.3 Å². The summed E-state index contributed by atoms with van der Waals surface area (Å²) in [6.07, 6.45) is 3.41. The molecule has 0 unspecified atom stereocenters. The molecule has 8 nitrogen and oxygen atoms in total. The quantitative estimate of drug-likeness (QED) is 0.272. The molecule has 0 bridgehead atoms. The number of aromatic nitrogens is 1. The minimum atomic E-state index is -0.700. The Hall–Kier alpha value is -3.63. The van der Waals surface area contributed by atoms with Crippen LogP contribution in [0.25, 0.3) is 6.08 Å². The fourth-order valence-electron chi connectivity index (χ4n) is 4.15. The molecule has 2 aromatic carbocycles. The molecule has 3 aromatic rings. The molecule has 0 aliphatic carbocycles. The van der Waals surface area contributed by atoms with Gasteiger partial charge in [0, 0.05) is 0 Å². The molecule has 38 heavy (non-hydrogen) atoms. The van der Waals surface area contributed by atoms with Crippen LogP contribution in [0, 0.1) is 0 Å².